The molecule has 1 fully saturated rings. The summed E-state index contributed by atoms with van der Waals surface area (Å²) in [4.78, 5) is 22.7. The minimum absolute atomic E-state index is 0.0755. The second-order valence-electron chi connectivity index (χ2n) is 6.74. The fraction of sp³-hybridized carbons (Fsp3) is 0.316. The van der Waals surface area contributed by atoms with Gasteiger partial charge in [0.1, 0.15) is 5.75 Å². The Balaban J connectivity index is 1.71. The lowest BCUT2D eigenvalue weighted by Gasteiger charge is -2.30. The Morgan fingerprint density at radius 3 is 2.53 bits per heavy atom. The predicted octanol–water partition coefficient (Wildman–Crippen LogP) is 3.30. The molecule has 0 aliphatic carbocycles. The van der Waals surface area contributed by atoms with Gasteiger partial charge in [0, 0.05) is 30.1 Å². The van der Waals surface area contributed by atoms with Crippen molar-refractivity contribution in [3.63, 3.8) is 0 Å². The third-order valence-electron chi connectivity index (χ3n) is 4.93. The third kappa shape index (κ3) is 4.55. The maximum atomic E-state index is 12.9. The van der Waals surface area contributed by atoms with Crippen LogP contribution < -0.4 is 10.1 Å². The highest BCUT2D eigenvalue weighted by Gasteiger charge is 2.36. The van der Waals surface area contributed by atoms with E-state index in [-0.39, 0.29) is 29.9 Å². The first-order chi connectivity index (χ1) is 14.2. The van der Waals surface area contributed by atoms with Crippen LogP contribution in [0.4, 0.5) is 11.4 Å². The lowest BCUT2D eigenvalue weighted by Crippen LogP contribution is -2.41. The minimum Gasteiger partial charge on any atom is -0.495 e. The molecule has 1 aliphatic heterocycles. The highest BCUT2D eigenvalue weighted by atomic mass is 35.5. The average molecular weight is 454 g/mol. The van der Waals surface area contributed by atoms with E-state index in [2.05, 4.69) is 5.32 Å². The molecule has 30 heavy (non-hydrogen) atoms. The first-order valence-electron chi connectivity index (χ1n) is 9.12. The molecule has 0 unspecified atom stereocenters. The first-order valence-corrected chi connectivity index (χ1v) is 10.9. The average Bonchev–Trinajstić information content (AvgIpc) is 2.74. The molecule has 1 amide bonds. The molecule has 0 radical (unpaired) electrons. The van der Waals surface area contributed by atoms with Gasteiger partial charge in [0.05, 0.1) is 17.7 Å². The highest BCUT2D eigenvalue weighted by molar-refractivity contribution is 7.89. The quantitative estimate of drug-likeness (QED) is 0.529. The number of benzene rings is 2. The molecule has 9 nitrogen and oxygen atoms in total. The number of anilines is 1. The standard InChI is InChI=1S/C19H20ClN3O6S/c1-29-17-5-3-2-4-15(17)21-19(24)13-8-10-22(11-9-13)30(27,28)18-7-6-14(20)12-16(18)23(25)26/h2-7,12-13H,8-11H2,1H3,(H,21,24). The number of nitro groups is 1. The van der Waals surface area contributed by atoms with E-state index in [9.17, 15) is 23.3 Å². The molecule has 0 bridgehead atoms. The van der Waals surface area contributed by atoms with Gasteiger partial charge in [-0.3, -0.25) is 14.9 Å². The maximum absolute atomic E-state index is 12.9. The number of hydrogen-bond donors (Lipinski definition) is 1. The Hall–Kier alpha value is -2.69. The summed E-state index contributed by atoms with van der Waals surface area (Å²) in [6.07, 6.45) is 0.587. The summed E-state index contributed by atoms with van der Waals surface area (Å²) in [5.41, 5.74) is -0.0321. The second-order valence-corrected chi connectivity index (χ2v) is 9.08. The van der Waals surface area contributed by atoms with Crippen LogP contribution in [0.3, 0.4) is 0 Å². The van der Waals surface area contributed by atoms with Crippen LogP contribution in [0.25, 0.3) is 0 Å². The summed E-state index contributed by atoms with van der Waals surface area (Å²) in [5, 5.41) is 14.2. The summed E-state index contributed by atoms with van der Waals surface area (Å²) in [7, 11) is -2.59. The van der Waals surface area contributed by atoms with Crippen molar-refractivity contribution in [3.05, 3.63) is 57.6 Å². The summed E-state index contributed by atoms with van der Waals surface area (Å²) in [5.74, 6) is -0.0866. The minimum atomic E-state index is -4.09. The van der Waals surface area contributed by atoms with E-state index in [0.29, 0.717) is 24.3 Å². The topological polar surface area (TPSA) is 119 Å². The number of carbonyl (C=O) groups is 1. The summed E-state index contributed by atoms with van der Waals surface area (Å²) in [6.45, 7) is 0.151. The third-order valence-corrected chi connectivity index (χ3v) is 7.11. The van der Waals surface area contributed by atoms with E-state index < -0.39 is 25.5 Å². The van der Waals surface area contributed by atoms with Gasteiger partial charge < -0.3 is 10.1 Å². The number of nitro benzene ring substituents is 1. The number of nitrogens with one attached hydrogen (secondary N) is 1. The van der Waals surface area contributed by atoms with Crippen LogP contribution >= 0.6 is 11.6 Å². The lowest BCUT2D eigenvalue weighted by molar-refractivity contribution is -0.387. The van der Waals surface area contributed by atoms with Crippen molar-refractivity contribution in [3.8, 4) is 5.75 Å². The van der Waals surface area contributed by atoms with E-state index >= 15 is 0 Å². The van der Waals surface area contributed by atoms with E-state index in [4.69, 9.17) is 16.3 Å². The number of halogens is 1. The number of nitrogens with zero attached hydrogens (tertiary/aromatic N) is 2. The van der Waals surface area contributed by atoms with Crippen LogP contribution in [0, 0.1) is 16.0 Å². The number of methoxy groups -OCH3 is 1. The van der Waals surface area contributed by atoms with Gasteiger partial charge in [0.15, 0.2) is 4.90 Å². The van der Waals surface area contributed by atoms with Crippen LogP contribution in [-0.2, 0) is 14.8 Å². The van der Waals surface area contributed by atoms with Crippen molar-refractivity contribution in [1.82, 2.24) is 4.31 Å². The Bertz CT molecular complexity index is 1070. The Labute approximate surface area is 178 Å². The number of amides is 1. The number of hydrogen-bond acceptors (Lipinski definition) is 6. The normalized spacial score (nSPS) is 15.5. The van der Waals surface area contributed by atoms with E-state index in [1.54, 1.807) is 24.3 Å². The predicted molar refractivity (Wildman–Crippen MR) is 111 cm³/mol. The molecule has 3 rings (SSSR count). The molecule has 1 saturated heterocycles. The summed E-state index contributed by atoms with van der Waals surface area (Å²) >= 11 is 5.77. The van der Waals surface area contributed by atoms with Crippen molar-refractivity contribution in [1.29, 1.82) is 0 Å². The van der Waals surface area contributed by atoms with Crippen LogP contribution in [0.2, 0.25) is 5.02 Å². The Morgan fingerprint density at radius 1 is 1.23 bits per heavy atom. The zero-order valence-corrected chi connectivity index (χ0v) is 17.6. The van der Waals surface area contributed by atoms with Gasteiger partial charge in [-0.25, -0.2) is 8.42 Å². The zero-order valence-electron chi connectivity index (χ0n) is 16.1. The van der Waals surface area contributed by atoms with Crippen molar-refractivity contribution >= 4 is 38.9 Å². The van der Waals surface area contributed by atoms with Crippen molar-refractivity contribution in [2.24, 2.45) is 5.92 Å². The highest BCUT2D eigenvalue weighted by Crippen LogP contribution is 2.32. The lowest BCUT2D eigenvalue weighted by atomic mass is 9.97. The largest absolute Gasteiger partial charge is 0.495 e. The molecule has 2 aromatic rings. The molecule has 11 heteroatoms. The van der Waals surface area contributed by atoms with Crippen LogP contribution in [0.15, 0.2) is 47.4 Å². The molecule has 2 aromatic carbocycles. The van der Waals surface area contributed by atoms with Crippen LogP contribution in [0.1, 0.15) is 12.8 Å². The SMILES string of the molecule is COc1ccccc1NC(=O)C1CCN(S(=O)(=O)c2ccc(Cl)cc2[N+](=O)[O-])CC1. The van der Waals surface area contributed by atoms with Crippen LogP contribution in [0.5, 0.6) is 5.75 Å². The van der Waals surface area contributed by atoms with E-state index in [1.807, 2.05) is 0 Å². The molecular formula is C19H20ClN3O6S. The van der Waals surface area contributed by atoms with E-state index in [0.717, 1.165) is 16.4 Å². The maximum Gasteiger partial charge on any atom is 0.290 e. The fourth-order valence-corrected chi connectivity index (χ4v) is 5.11. The van der Waals surface area contributed by atoms with Crippen molar-refractivity contribution in [2.75, 3.05) is 25.5 Å². The zero-order chi connectivity index (χ0) is 21.9. The Morgan fingerprint density at radius 2 is 1.90 bits per heavy atom. The molecule has 160 valence electrons. The number of para-hydroxylation sites is 2. The Kier molecular flexibility index (Phi) is 6.59. The fourth-order valence-electron chi connectivity index (χ4n) is 3.33. The molecule has 0 aromatic heterocycles. The van der Waals surface area contributed by atoms with Gasteiger partial charge in [-0.05, 0) is 37.1 Å². The molecule has 0 atom stereocenters. The number of rotatable bonds is 6. The van der Waals surface area contributed by atoms with Gasteiger partial charge in [-0.15, -0.1) is 0 Å². The molecule has 0 spiro atoms. The number of carbonyl (C=O) groups excluding carboxylic acids is 1. The van der Waals surface area contributed by atoms with E-state index in [1.165, 1.54) is 13.2 Å². The van der Waals surface area contributed by atoms with Crippen molar-refractivity contribution < 1.29 is 22.9 Å². The second kappa shape index (κ2) is 8.99. The van der Waals surface area contributed by atoms with Gasteiger partial charge in [-0.1, -0.05) is 23.7 Å². The smallest absolute Gasteiger partial charge is 0.290 e. The van der Waals surface area contributed by atoms with Gasteiger partial charge in [0.25, 0.3) is 5.69 Å². The number of piperidine rings is 1. The van der Waals surface area contributed by atoms with Crippen molar-refractivity contribution in [2.45, 2.75) is 17.7 Å². The molecule has 1 heterocycles. The van der Waals surface area contributed by atoms with Gasteiger partial charge in [-0.2, -0.15) is 4.31 Å². The van der Waals surface area contributed by atoms with Gasteiger partial charge >= 0.3 is 0 Å². The first kappa shape index (κ1) is 22.0. The summed E-state index contributed by atoms with van der Waals surface area (Å²) in [6, 6.07) is 10.5. The monoisotopic (exact) mass is 453 g/mol. The molecule has 1 aliphatic rings. The van der Waals surface area contributed by atoms with Gasteiger partial charge in [0.2, 0.25) is 15.9 Å². The number of sulfonamides is 1. The molecule has 0 saturated carbocycles. The molecular weight excluding hydrogens is 434 g/mol. The molecule has 1 N–H and O–H groups in total. The number of ether oxygens (including phenoxy) is 1. The summed E-state index contributed by atoms with van der Waals surface area (Å²) < 4.78 is 32.3. The van der Waals surface area contributed by atoms with Crippen LogP contribution in [-0.4, -0.2) is 43.8 Å².